The van der Waals surface area contributed by atoms with E-state index in [1.54, 1.807) is 0 Å². The average Bonchev–Trinajstić information content (AvgIpc) is 3.13. The third kappa shape index (κ3) is 2.34. The van der Waals surface area contributed by atoms with Gasteiger partial charge in [-0.1, -0.05) is 79.4 Å². The zero-order valence-electron chi connectivity index (χ0n) is 13.8. The van der Waals surface area contributed by atoms with Crippen molar-refractivity contribution in [2.24, 2.45) is 0 Å². The molecule has 1 fully saturated rings. The van der Waals surface area contributed by atoms with E-state index in [1.165, 1.54) is 11.1 Å². The molecule has 1 heterocycles. The molecule has 1 spiro atoms. The molecule has 1 aliphatic carbocycles. The Morgan fingerprint density at radius 1 is 0.792 bits per heavy atom. The SMILES string of the molecule is C=CC1=CC(c2ccccc2)(c2ccccc2)CCC12OCCO2. The molecule has 2 nitrogen and oxygen atoms in total. The van der Waals surface area contributed by atoms with Crippen molar-refractivity contribution >= 4 is 0 Å². The van der Waals surface area contributed by atoms with Gasteiger partial charge in [-0.25, -0.2) is 0 Å². The molecule has 0 amide bonds. The summed E-state index contributed by atoms with van der Waals surface area (Å²) in [4.78, 5) is 0. The summed E-state index contributed by atoms with van der Waals surface area (Å²) in [6.07, 6.45) is 5.97. The molecule has 1 saturated heterocycles. The molecule has 0 saturated carbocycles. The third-order valence-corrected chi connectivity index (χ3v) is 5.24. The first kappa shape index (κ1) is 15.4. The minimum atomic E-state index is -0.602. The van der Waals surface area contributed by atoms with Gasteiger partial charge in [-0.15, -0.1) is 0 Å². The minimum absolute atomic E-state index is 0.174. The monoisotopic (exact) mass is 318 g/mol. The maximum atomic E-state index is 5.99. The second kappa shape index (κ2) is 6.04. The molecular weight excluding hydrogens is 296 g/mol. The van der Waals surface area contributed by atoms with Gasteiger partial charge in [0.25, 0.3) is 0 Å². The van der Waals surface area contributed by atoms with Crippen molar-refractivity contribution in [3.05, 3.63) is 96.1 Å². The molecule has 0 unspecified atom stereocenters. The molecule has 2 aliphatic rings. The van der Waals surface area contributed by atoms with Crippen LogP contribution in [0.5, 0.6) is 0 Å². The van der Waals surface area contributed by atoms with Crippen molar-refractivity contribution in [3.8, 4) is 0 Å². The van der Waals surface area contributed by atoms with Crippen LogP contribution in [0.15, 0.2) is 85.0 Å². The Hall–Kier alpha value is -2.16. The molecule has 2 aromatic rings. The normalized spacial score (nSPS) is 21.4. The summed E-state index contributed by atoms with van der Waals surface area (Å²) in [5.41, 5.74) is 3.46. The first-order valence-electron chi connectivity index (χ1n) is 8.54. The predicted octanol–water partition coefficient (Wildman–Crippen LogP) is 4.62. The number of hydrogen-bond donors (Lipinski definition) is 0. The lowest BCUT2D eigenvalue weighted by Crippen LogP contribution is -2.41. The van der Waals surface area contributed by atoms with Crippen LogP contribution < -0.4 is 0 Å². The second-order valence-corrected chi connectivity index (χ2v) is 6.46. The first-order valence-corrected chi connectivity index (χ1v) is 8.54. The van der Waals surface area contributed by atoms with Crippen LogP contribution in [0.3, 0.4) is 0 Å². The second-order valence-electron chi connectivity index (χ2n) is 6.46. The Labute approximate surface area is 143 Å². The van der Waals surface area contributed by atoms with Crippen molar-refractivity contribution in [1.82, 2.24) is 0 Å². The summed E-state index contributed by atoms with van der Waals surface area (Å²) >= 11 is 0. The molecule has 0 atom stereocenters. The molecule has 2 heteroatoms. The Morgan fingerprint density at radius 3 is 1.83 bits per heavy atom. The molecule has 0 bridgehead atoms. The van der Waals surface area contributed by atoms with E-state index in [4.69, 9.17) is 9.47 Å². The fourth-order valence-electron chi connectivity index (χ4n) is 4.03. The van der Waals surface area contributed by atoms with Crippen LogP contribution >= 0.6 is 0 Å². The van der Waals surface area contributed by atoms with E-state index < -0.39 is 5.79 Å². The van der Waals surface area contributed by atoms with E-state index in [9.17, 15) is 0 Å². The van der Waals surface area contributed by atoms with Crippen molar-refractivity contribution in [3.63, 3.8) is 0 Å². The largest absolute Gasteiger partial charge is 0.343 e. The number of hydrogen-bond acceptors (Lipinski definition) is 2. The van der Waals surface area contributed by atoms with Crippen LogP contribution in [0.1, 0.15) is 24.0 Å². The third-order valence-electron chi connectivity index (χ3n) is 5.24. The number of rotatable bonds is 3. The van der Waals surface area contributed by atoms with Gasteiger partial charge in [0, 0.05) is 17.4 Å². The predicted molar refractivity (Wildman–Crippen MR) is 95.8 cm³/mol. The molecule has 122 valence electrons. The van der Waals surface area contributed by atoms with Gasteiger partial charge in [-0.05, 0) is 17.5 Å². The molecule has 2 aromatic carbocycles. The minimum Gasteiger partial charge on any atom is -0.343 e. The lowest BCUT2D eigenvalue weighted by atomic mass is 9.66. The summed E-state index contributed by atoms with van der Waals surface area (Å²) in [5, 5.41) is 0. The number of allylic oxidation sites excluding steroid dienone is 1. The Balaban J connectivity index is 1.91. The van der Waals surface area contributed by atoms with Gasteiger partial charge in [0.05, 0.1) is 13.2 Å². The zero-order chi connectivity index (χ0) is 16.5. The smallest absolute Gasteiger partial charge is 0.194 e. The van der Waals surface area contributed by atoms with E-state index >= 15 is 0 Å². The van der Waals surface area contributed by atoms with Gasteiger partial charge in [-0.3, -0.25) is 0 Å². The molecule has 24 heavy (non-hydrogen) atoms. The van der Waals surface area contributed by atoms with Crippen LogP contribution in [0, 0.1) is 0 Å². The Morgan fingerprint density at radius 2 is 1.33 bits per heavy atom. The summed E-state index contributed by atoms with van der Waals surface area (Å²) in [7, 11) is 0. The fraction of sp³-hybridized carbons (Fsp3) is 0.273. The van der Waals surface area contributed by atoms with Crippen molar-refractivity contribution in [2.45, 2.75) is 24.0 Å². The highest BCUT2D eigenvalue weighted by atomic mass is 16.7. The highest BCUT2D eigenvalue weighted by Gasteiger charge is 2.47. The standard InChI is InChI=1S/C22H22O2/c1-2-18-17-21(19-9-5-3-6-10-19,20-11-7-4-8-12-20)13-14-22(18)23-15-16-24-22/h2-12,17H,1,13-16H2. The van der Waals surface area contributed by atoms with Crippen molar-refractivity contribution < 1.29 is 9.47 Å². The number of benzene rings is 2. The lowest BCUT2D eigenvalue weighted by molar-refractivity contribution is -0.134. The van der Waals surface area contributed by atoms with E-state index in [0.29, 0.717) is 13.2 Å². The fourth-order valence-corrected chi connectivity index (χ4v) is 4.03. The average molecular weight is 318 g/mol. The number of ether oxygens (including phenoxy) is 2. The molecule has 0 aromatic heterocycles. The zero-order valence-corrected chi connectivity index (χ0v) is 13.8. The Bertz CT molecular complexity index is 701. The molecular formula is C22H22O2. The highest BCUT2D eigenvalue weighted by Crippen LogP contribution is 2.49. The summed E-state index contributed by atoms with van der Waals surface area (Å²) in [6, 6.07) is 21.4. The molecule has 4 rings (SSSR count). The summed E-state index contributed by atoms with van der Waals surface area (Å²) < 4.78 is 12.0. The van der Waals surface area contributed by atoms with Crippen molar-refractivity contribution in [2.75, 3.05) is 13.2 Å². The summed E-state index contributed by atoms with van der Waals surface area (Å²) in [6.45, 7) is 5.32. The van der Waals surface area contributed by atoms with E-state index in [2.05, 4.69) is 73.3 Å². The summed E-state index contributed by atoms with van der Waals surface area (Å²) in [5.74, 6) is -0.602. The van der Waals surface area contributed by atoms with E-state index in [0.717, 1.165) is 18.4 Å². The van der Waals surface area contributed by atoms with Crippen molar-refractivity contribution in [1.29, 1.82) is 0 Å². The molecule has 1 aliphatic heterocycles. The quantitative estimate of drug-likeness (QED) is 0.822. The first-order chi connectivity index (χ1) is 11.8. The van der Waals surface area contributed by atoms with E-state index in [1.807, 2.05) is 6.08 Å². The van der Waals surface area contributed by atoms with Crippen LogP contribution in [-0.2, 0) is 14.9 Å². The molecule has 0 radical (unpaired) electrons. The molecule has 0 N–H and O–H groups in total. The van der Waals surface area contributed by atoms with Gasteiger partial charge < -0.3 is 9.47 Å². The van der Waals surface area contributed by atoms with Crippen LogP contribution in [0.2, 0.25) is 0 Å². The lowest BCUT2D eigenvalue weighted by Gasteiger charge is -2.42. The van der Waals surface area contributed by atoms with Crippen LogP contribution in [0.25, 0.3) is 0 Å². The maximum Gasteiger partial charge on any atom is 0.194 e. The van der Waals surface area contributed by atoms with Gasteiger partial charge in [-0.2, -0.15) is 0 Å². The van der Waals surface area contributed by atoms with Gasteiger partial charge in [0.1, 0.15) is 0 Å². The Kier molecular flexibility index (Phi) is 3.87. The van der Waals surface area contributed by atoms with Gasteiger partial charge in [0.15, 0.2) is 5.79 Å². The highest BCUT2D eigenvalue weighted by molar-refractivity contribution is 5.49. The van der Waals surface area contributed by atoms with Gasteiger partial charge >= 0.3 is 0 Å². The van der Waals surface area contributed by atoms with Crippen LogP contribution in [0.4, 0.5) is 0 Å². The topological polar surface area (TPSA) is 18.5 Å². The maximum absolute atomic E-state index is 5.99. The van der Waals surface area contributed by atoms with Gasteiger partial charge in [0.2, 0.25) is 0 Å². The van der Waals surface area contributed by atoms with Crippen LogP contribution in [-0.4, -0.2) is 19.0 Å². The van der Waals surface area contributed by atoms with E-state index in [-0.39, 0.29) is 5.41 Å².